The molecule has 1 N–H and O–H groups in total. The second kappa shape index (κ2) is 10.3. The SMILES string of the molecule is COc1cc(/C=C2\C(=O)NC(=O)N(c3ccc(C)c(C)c3)C2=O)c(Br)cc1OCc1ccc(F)cc1. The Hall–Kier alpha value is -3.98. The maximum absolute atomic E-state index is 13.2. The molecule has 184 valence electrons. The number of benzene rings is 3. The van der Waals surface area contributed by atoms with Crippen LogP contribution in [0.4, 0.5) is 14.9 Å². The molecule has 0 saturated carbocycles. The van der Waals surface area contributed by atoms with E-state index in [4.69, 9.17) is 9.47 Å². The first-order valence-corrected chi connectivity index (χ1v) is 11.7. The molecule has 0 radical (unpaired) electrons. The van der Waals surface area contributed by atoms with Crippen molar-refractivity contribution in [3.05, 3.63) is 92.7 Å². The Morgan fingerprint density at radius 2 is 1.69 bits per heavy atom. The summed E-state index contributed by atoms with van der Waals surface area (Å²) >= 11 is 3.45. The molecule has 4 rings (SSSR count). The molecular weight excluding hydrogens is 531 g/mol. The highest BCUT2D eigenvalue weighted by Crippen LogP contribution is 2.36. The summed E-state index contributed by atoms with van der Waals surface area (Å²) in [6.45, 7) is 3.97. The fraction of sp³-hybridized carbons (Fsp3) is 0.148. The number of nitrogens with one attached hydrogen (secondary N) is 1. The van der Waals surface area contributed by atoms with Gasteiger partial charge < -0.3 is 9.47 Å². The normalized spacial score (nSPS) is 14.8. The Balaban J connectivity index is 1.64. The highest BCUT2D eigenvalue weighted by atomic mass is 79.9. The zero-order valence-corrected chi connectivity index (χ0v) is 21.3. The number of nitrogens with zero attached hydrogens (tertiary/aromatic N) is 1. The van der Waals surface area contributed by atoms with Gasteiger partial charge in [0, 0.05) is 4.47 Å². The third-order valence-corrected chi connectivity index (χ3v) is 6.43. The minimum Gasteiger partial charge on any atom is -0.493 e. The molecule has 1 saturated heterocycles. The van der Waals surface area contributed by atoms with E-state index in [9.17, 15) is 18.8 Å². The fourth-order valence-corrected chi connectivity index (χ4v) is 4.02. The van der Waals surface area contributed by atoms with Crippen LogP contribution in [0, 0.1) is 19.7 Å². The van der Waals surface area contributed by atoms with E-state index in [0.717, 1.165) is 21.6 Å². The summed E-state index contributed by atoms with van der Waals surface area (Å²) in [5.74, 6) is -1.11. The van der Waals surface area contributed by atoms with Crippen LogP contribution < -0.4 is 19.7 Å². The van der Waals surface area contributed by atoms with Crippen LogP contribution in [0.1, 0.15) is 22.3 Å². The Bertz CT molecular complexity index is 1400. The molecule has 1 heterocycles. The summed E-state index contributed by atoms with van der Waals surface area (Å²) < 4.78 is 24.9. The summed E-state index contributed by atoms with van der Waals surface area (Å²) in [6, 6.07) is 13.5. The molecule has 1 aliphatic rings. The van der Waals surface area contributed by atoms with Crippen molar-refractivity contribution in [1.82, 2.24) is 5.32 Å². The van der Waals surface area contributed by atoms with E-state index < -0.39 is 17.8 Å². The van der Waals surface area contributed by atoms with Crippen molar-refractivity contribution in [1.29, 1.82) is 0 Å². The molecule has 7 nitrogen and oxygen atoms in total. The molecule has 1 fully saturated rings. The van der Waals surface area contributed by atoms with Crippen molar-refractivity contribution in [2.24, 2.45) is 0 Å². The number of hydrogen-bond acceptors (Lipinski definition) is 5. The first kappa shape index (κ1) is 25.1. The summed E-state index contributed by atoms with van der Waals surface area (Å²) in [4.78, 5) is 39.3. The quantitative estimate of drug-likeness (QED) is 0.324. The maximum Gasteiger partial charge on any atom is 0.335 e. The minimum absolute atomic E-state index is 0.178. The summed E-state index contributed by atoms with van der Waals surface area (Å²) in [6.07, 6.45) is 1.38. The van der Waals surface area contributed by atoms with E-state index in [1.54, 1.807) is 42.5 Å². The maximum atomic E-state index is 13.2. The van der Waals surface area contributed by atoms with Crippen molar-refractivity contribution in [2.75, 3.05) is 12.0 Å². The number of carbonyl (C=O) groups excluding carboxylic acids is 3. The van der Waals surface area contributed by atoms with Gasteiger partial charge in [-0.3, -0.25) is 14.9 Å². The second-order valence-corrected chi connectivity index (χ2v) is 9.02. The van der Waals surface area contributed by atoms with Gasteiger partial charge in [0.05, 0.1) is 12.8 Å². The Morgan fingerprint density at radius 3 is 2.36 bits per heavy atom. The number of anilines is 1. The van der Waals surface area contributed by atoms with Crippen molar-refractivity contribution in [2.45, 2.75) is 20.5 Å². The molecular formula is C27H22BrFN2O5. The minimum atomic E-state index is -0.813. The van der Waals surface area contributed by atoms with Crippen molar-refractivity contribution < 1.29 is 28.2 Å². The highest BCUT2D eigenvalue weighted by Gasteiger charge is 2.37. The smallest absolute Gasteiger partial charge is 0.335 e. The largest absolute Gasteiger partial charge is 0.493 e. The molecule has 9 heteroatoms. The number of methoxy groups -OCH3 is 1. The number of amides is 4. The number of ether oxygens (including phenoxy) is 2. The van der Waals surface area contributed by atoms with Gasteiger partial charge in [0.15, 0.2) is 11.5 Å². The van der Waals surface area contributed by atoms with Crippen LogP contribution in [-0.4, -0.2) is 25.0 Å². The molecule has 0 unspecified atom stereocenters. The fourth-order valence-electron chi connectivity index (χ4n) is 3.59. The van der Waals surface area contributed by atoms with Crippen molar-refractivity contribution in [3.8, 4) is 11.5 Å². The zero-order valence-electron chi connectivity index (χ0n) is 19.7. The summed E-state index contributed by atoms with van der Waals surface area (Å²) in [5.41, 5.74) is 3.29. The third-order valence-electron chi connectivity index (χ3n) is 5.74. The van der Waals surface area contributed by atoms with Gasteiger partial charge in [-0.15, -0.1) is 0 Å². The molecule has 0 atom stereocenters. The lowest BCUT2D eigenvalue weighted by Gasteiger charge is -2.27. The monoisotopic (exact) mass is 552 g/mol. The number of urea groups is 1. The zero-order chi connectivity index (χ0) is 26.0. The van der Waals surface area contributed by atoms with Gasteiger partial charge in [-0.05, 0) is 78.6 Å². The Kier molecular flexibility index (Phi) is 7.21. The predicted octanol–water partition coefficient (Wildman–Crippen LogP) is 5.46. The van der Waals surface area contributed by atoms with Gasteiger partial charge >= 0.3 is 6.03 Å². The van der Waals surface area contributed by atoms with Gasteiger partial charge in [-0.2, -0.15) is 0 Å². The van der Waals surface area contributed by atoms with Crippen molar-refractivity contribution >= 4 is 45.5 Å². The first-order chi connectivity index (χ1) is 17.2. The topological polar surface area (TPSA) is 84.9 Å². The second-order valence-electron chi connectivity index (χ2n) is 8.17. The average Bonchev–Trinajstić information content (AvgIpc) is 2.84. The highest BCUT2D eigenvalue weighted by molar-refractivity contribution is 9.10. The van der Waals surface area contributed by atoms with Gasteiger partial charge in [-0.1, -0.05) is 34.1 Å². The number of hydrogen-bond donors (Lipinski definition) is 1. The van der Waals surface area contributed by atoms with E-state index in [0.29, 0.717) is 27.2 Å². The number of barbiturate groups is 1. The molecule has 3 aromatic rings. The standard InChI is InChI=1S/C27H22BrFN2O5/c1-15-4-9-20(10-16(15)2)31-26(33)21(25(32)30-27(31)34)11-18-12-23(35-3)24(13-22(18)28)36-14-17-5-7-19(29)8-6-17/h4-13H,14H2,1-3H3,(H,30,32,34)/b21-11+. The molecule has 3 aromatic carbocycles. The van der Waals surface area contributed by atoms with E-state index in [1.165, 1.54) is 25.3 Å². The van der Waals surface area contributed by atoms with Crippen LogP contribution >= 0.6 is 15.9 Å². The molecule has 0 aromatic heterocycles. The number of carbonyl (C=O) groups is 3. The number of imide groups is 2. The lowest BCUT2D eigenvalue weighted by Crippen LogP contribution is -2.54. The van der Waals surface area contributed by atoms with E-state index in [1.807, 2.05) is 13.8 Å². The molecule has 0 spiro atoms. The summed E-state index contributed by atoms with van der Waals surface area (Å²) in [7, 11) is 1.46. The van der Waals surface area contributed by atoms with Gasteiger partial charge in [0.2, 0.25) is 0 Å². The molecule has 36 heavy (non-hydrogen) atoms. The van der Waals surface area contributed by atoms with Crippen LogP contribution in [0.3, 0.4) is 0 Å². The lowest BCUT2D eigenvalue weighted by atomic mass is 10.0. The summed E-state index contributed by atoms with van der Waals surface area (Å²) in [5, 5.41) is 2.23. The van der Waals surface area contributed by atoms with E-state index >= 15 is 0 Å². The Morgan fingerprint density at radius 1 is 0.972 bits per heavy atom. The number of aryl methyl sites for hydroxylation is 2. The van der Waals surface area contributed by atoms with E-state index in [2.05, 4.69) is 21.2 Å². The van der Waals surface area contributed by atoms with Crippen LogP contribution in [0.25, 0.3) is 6.08 Å². The number of halogens is 2. The molecule has 4 amide bonds. The van der Waals surface area contributed by atoms with Crippen LogP contribution in [0.2, 0.25) is 0 Å². The van der Waals surface area contributed by atoms with Crippen LogP contribution in [-0.2, 0) is 16.2 Å². The van der Waals surface area contributed by atoms with Gasteiger partial charge in [-0.25, -0.2) is 14.1 Å². The molecule has 0 aliphatic carbocycles. The van der Waals surface area contributed by atoms with Gasteiger partial charge in [0.25, 0.3) is 11.8 Å². The van der Waals surface area contributed by atoms with Crippen molar-refractivity contribution in [3.63, 3.8) is 0 Å². The van der Waals surface area contributed by atoms with Gasteiger partial charge in [0.1, 0.15) is 18.0 Å². The predicted molar refractivity (Wildman–Crippen MR) is 136 cm³/mol. The third kappa shape index (κ3) is 5.16. The van der Waals surface area contributed by atoms with Crippen LogP contribution in [0.5, 0.6) is 11.5 Å². The molecule has 0 bridgehead atoms. The number of rotatable bonds is 6. The first-order valence-electron chi connectivity index (χ1n) is 10.9. The Labute approximate surface area is 215 Å². The average molecular weight is 553 g/mol. The molecule has 1 aliphatic heterocycles. The van der Waals surface area contributed by atoms with Crippen LogP contribution in [0.15, 0.2) is 64.6 Å². The lowest BCUT2D eigenvalue weighted by molar-refractivity contribution is -0.122. The van der Waals surface area contributed by atoms with E-state index in [-0.39, 0.29) is 18.0 Å².